The Hall–Kier alpha value is -2.48. The number of ether oxygens (including phenoxy) is 2. The number of rotatable bonds is 8. The maximum absolute atomic E-state index is 11.8. The summed E-state index contributed by atoms with van der Waals surface area (Å²) >= 11 is 0. The van der Waals surface area contributed by atoms with Crippen LogP contribution >= 0.6 is 12.4 Å². The summed E-state index contributed by atoms with van der Waals surface area (Å²) in [7, 11) is 0. The molecule has 0 saturated heterocycles. The maximum atomic E-state index is 11.8. The number of esters is 1. The predicted molar refractivity (Wildman–Crippen MR) is 99.8 cm³/mol. The van der Waals surface area contributed by atoms with Crippen LogP contribution in [0.2, 0.25) is 0 Å². The van der Waals surface area contributed by atoms with Crippen molar-refractivity contribution in [1.82, 2.24) is 0 Å². The van der Waals surface area contributed by atoms with E-state index in [1.54, 1.807) is 6.07 Å². The van der Waals surface area contributed by atoms with Crippen LogP contribution < -0.4 is 10.5 Å². The zero-order chi connectivity index (χ0) is 17.4. The van der Waals surface area contributed by atoms with Crippen LogP contribution in [-0.4, -0.2) is 40.9 Å². The Morgan fingerprint density at radius 1 is 1.04 bits per heavy atom. The van der Waals surface area contributed by atoms with Gasteiger partial charge in [0.1, 0.15) is 25.0 Å². The first-order valence-corrected chi connectivity index (χ1v) is 7.67. The van der Waals surface area contributed by atoms with Crippen LogP contribution in [0.15, 0.2) is 48.5 Å². The van der Waals surface area contributed by atoms with Crippen LogP contribution in [-0.2, 0) is 16.0 Å². The van der Waals surface area contributed by atoms with E-state index in [0.29, 0.717) is 18.6 Å². The minimum absolute atomic E-state index is 0. The molecule has 0 saturated carbocycles. The number of carbonyl (C=O) groups is 1. The molecule has 0 fully saturated rings. The van der Waals surface area contributed by atoms with Gasteiger partial charge in [-0.2, -0.15) is 0 Å². The second-order valence-corrected chi connectivity index (χ2v) is 5.30. The van der Waals surface area contributed by atoms with Gasteiger partial charge in [-0.1, -0.05) is 24.3 Å². The van der Waals surface area contributed by atoms with E-state index in [1.807, 2.05) is 30.3 Å². The van der Waals surface area contributed by atoms with Gasteiger partial charge in [0, 0.05) is 0 Å². The van der Waals surface area contributed by atoms with Crippen LogP contribution in [0.4, 0.5) is 0 Å². The molecule has 0 heterocycles. The van der Waals surface area contributed by atoms with Crippen LogP contribution in [0.25, 0.3) is 0 Å². The van der Waals surface area contributed by atoms with Gasteiger partial charge in [-0.25, -0.2) is 0 Å². The fourth-order valence-corrected chi connectivity index (χ4v) is 2.09. The monoisotopic (exact) mass is 385 g/mol. The van der Waals surface area contributed by atoms with Crippen molar-refractivity contribution in [3.63, 3.8) is 0 Å². The van der Waals surface area contributed by atoms with E-state index in [9.17, 15) is 15.0 Å². The van der Waals surface area contributed by atoms with Crippen LogP contribution in [0.5, 0.6) is 17.2 Å². The molecule has 2 aromatic carbocycles. The first-order chi connectivity index (χ1) is 11.6. The van der Waals surface area contributed by atoms with Crippen molar-refractivity contribution in [2.75, 3.05) is 13.2 Å². The average Bonchev–Trinajstić information content (AvgIpc) is 2.60. The molecule has 2 rings (SSSR count). The number of nitrogens with two attached hydrogens (primary N) is 1. The third-order valence-electron chi connectivity index (χ3n) is 3.43. The molecule has 0 aliphatic heterocycles. The van der Waals surface area contributed by atoms with E-state index in [2.05, 4.69) is 0 Å². The molecule has 2 aromatic rings. The number of halogens is 1. The van der Waals surface area contributed by atoms with Gasteiger partial charge < -0.3 is 30.9 Å². The Balaban J connectivity index is 0.00000312. The van der Waals surface area contributed by atoms with Crippen molar-refractivity contribution in [1.29, 1.82) is 0 Å². The molecule has 0 amide bonds. The Kier molecular flexibility index (Phi) is 10.8. The van der Waals surface area contributed by atoms with Gasteiger partial charge in [-0.3, -0.25) is 4.79 Å². The van der Waals surface area contributed by atoms with Gasteiger partial charge in [0.25, 0.3) is 0 Å². The molecule has 6 N–H and O–H groups in total. The normalized spacial score (nSPS) is 10.8. The van der Waals surface area contributed by atoms with Crippen LogP contribution in [0.3, 0.4) is 0 Å². The molecular formula is C18H24ClNO6. The highest BCUT2D eigenvalue weighted by atomic mass is 35.5. The summed E-state index contributed by atoms with van der Waals surface area (Å²) in [6.07, 6.45) is 0.868. The predicted octanol–water partition coefficient (Wildman–Crippen LogP) is 1.58. The summed E-state index contributed by atoms with van der Waals surface area (Å²) in [6, 6.07) is 13.0. The summed E-state index contributed by atoms with van der Waals surface area (Å²) < 4.78 is 10.5. The number of hydrogen-bond acceptors (Lipinski definition) is 6. The molecule has 0 radical (unpaired) electrons. The first-order valence-electron chi connectivity index (χ1n) is 7.67. The average molecular weight is 386 g/mol. The van der Waals surface area contributed by atoms with Crippen molar-refractivity contribution in [2.24, 2.45) is 5.73 Å². The largest absolute Gasteiger partial charge is 0.504 e. The first kappa shape index (κ1) is 23.5. The highest BCUT2D eigenvalue weighted by Crippen LogP contribution is 2.25. The molecule has 0 bridgehead atoms. The minimum Gasteiger partial charge on any atom is -0.504 e. The number of aryl methyl sites for hydroxylation is 1. The fraction of sp³-hybridized carbons (Fsp3) is 0.278. The van der Waals surface area contributed by atoms with Gasteiger partial charge >= 0.3 is 5.97 Å². The smallest absolute Gasteiger partial charge is 0.323 e. The molecule has 26 heavy (non-hydrogen) atoms. The number of phenols is 2. The highest BCUT2D eigenvalue weighted by Gasteiger charge is 2.15. The van der Waals surface area contributed by atoms with Crippen molar-refractivity contribution < 1.29 is 30.0 Å². The number of hydrogen-bond donors (Lipinski definition) is 3. The second-order valence-electron chi connectivity index (χ2n) is 5.30. The van der Waals surface area contributed by atoms with Gasteiger partial charge in [0.15, 0.2) is 11.5 Å². The van der Waals surface area contributed by atoms with Gasteiger partial charge in [-0.15, -0.1) is 12.4 Å². The quantitative estimate of drug-likeness (QED) is 0.359. The number of aromatic hydroxyl groups is 2. The summed E-state index contributed by atoms with van der Waals surface area (Å²) in [5.74, 6) is -0.151. The lowest BCUT2D eigenvalue weighted by molar-refractivity contribution is -0.146. The summed E-state index contributed by atoms with van der Waals surface area (Å²) in [6.45, 7) is 0.385. The summed E-state index contributed by atoms with van der Waals surface area (Å²) in [5.41, 5.74) is 6.58. The van der Waals surface area contributed by atoms with Crippen molar-refractivity contribution >= 4 is 18.4 Å². The lowest BCUT2D eigenvalue weighted by Gasteiger charge is -2.12. The minimum atomic E-state index is -0.752. The highest BCUT2D eigenvalue weighted by molar-refractivity contribution is 5.85. The van der Waals surface area contributed by atoms with E-state index in [1.165, 1.54) is 12.1 Å². The molecule has 144 valence electrons. The Bertz CT molecular complexity index is 668. The summed E-state index contributed by atoms with van der Waals surface area (Å²) in [5, 5.41) is 18.7. The third-order valence-corrected chi connectivity index (χ3v) is 3.43. The van der Waals surface area contributed by atoms with Gasteiger partial charge in [0.05, 0.1) is 0 Å². The van der Waals surface area contributed by atoms with Gasteiger partial charge in [0.2, 0.25) is 0 Å². The molecule has 1 atom stereocenters. The molecule has 0 aromatic heterocycles. The number of carbonyl (C=O) groups excluding carboxylic acids is 1. The zero-order valence-corrected chi connectivity index (χ0v) is 14.9. The van der Waals surface area contributed by atoms with Crippen LogP contribution in [0.1, 0.15) is 12.0 Å². The molecule has 0 unspecified atom stereocenters. The zero-order valence-electron chi connectivity index (χ0n) is 14.1. The summed E-state index contributed by atoms with van der Waals surface area (Å²) in [4.78, 5) is 11.8. The Labute approximate surface area is 158 Å². The standard InChI is InChI=1S/C18H21NO5.ClH.H2O/c19-15(8-6-13-7-9-16(20)17(21)12-13)18(22)24-11-10-23-14-4-2-1-3-5-14;;/h1-5,7,9,12,15,20-21H,6,8,10-11,19H2;1H;1H2/t15-;;/m0../s1. The Morgan fingerprint density at radius 2 is 1.73 bits per heavy atom. The number of phenolic OH excluding ortho intramolecular Hbond substituents is 2. The molecule has 8 heteroatoms. The van der Waals surface area contributed by atoms with Crippen molar-refractivity contribution in [3.05, 3.63) is 54.1 Å². The number of para-hydroxylation sites is 1. The molecule has 0 spiro atoms. The molecule has 0 aliphatic carbocycles. The molecule has 0 aliphatic rings. The molecular weight excluding hydrogens is 362 g/mol. The maximum Gasteiger partial charge on any atom is 0.323 e. The lowest BCUT2D eigenvalue weighted by atomic mass is 10.1. The number of benzene rings is 2. The fourth-order valence-electron chi connectivity index (χ4n) is 2.09. The second kappa shape index (κ2) is 12.0. The third kappa shape index (κ3) is 7.60. The van der Waals surface area contributed by atoms with Crippen LogP contribution in [0, 0.1) is 0 Å². The van der Waals surface area contributed by atoms with E-state index < -0.39 is 12.0 Å². The topological polar surface area (TPSA) is 134 Å². The SMILES string of the molecule is Cl.N[C@@H](CCc1ccc(O)c(O)c1)C(=O)OCCOc1ccccc1.O. The van der Waals surface area contributed by atoms with E-state index >= 15 is 0 Å². The van der Waals surface area contributed by atoms with E-state index in [4.69, 9.17) is 15.2 Å². The van der Waals surface area contributed by atoms with Crippen molar-refractivity contribution in [3.8, 4) is 17.2 Å². The van der Waals surface area contributed by atoms with Crippen molar-refractivity contribution in [2.45, 2.75) is 18.9 Å². The van der Waals surface area contributed by atoms with Gasteiger partial charge in [-0.05, 0) is 42.7 Å². The van der Waals surface area contributed by atoms with E-state index in [-0.39, 0.29) is 42.6 Å². The lowest BCUT2D eigenvalue weighted by Crippen LogP contribution is -2.33. The Morgan fingerprint density at radius 3 is 2.38 bits per heavy atom. The van der Waals surface area contributed by atoms with E-state index in [0.717, 1.165) is 5.56 Å². The molecule has 7 nitrogen and oxygen atoms in total.